The molecule has 1 saturated heterocycles. The number of hydrogen-bond donors (Lipinski definition) is 1. The number of likely N-dealkylation sites (tertiary alicyclic amines) is 1. The first-order valence-corrected chi connectivity index (χ1v) is 8.45. The van der Waals surface area contributed by atoms with Gasteiger partial charge < -0.3 is 10.2 Å². The molecule has 1 aliphatic heterocycles. The van der Waals surface area contributed by atoms with Crippen LogP contribution in [0, 0.1) is 18.7 Å². The number of carbonyl (C=O) groups is 2. The van der Waals surface area contributed by atoms with E-state index < -0.39 is 0 Å². The van der Waals surface area contributed by atoms with E-state index in [0.717, 1.165) is 24.1 Å². The van der Waals surface area contributed by atoms with E-state index >= 15 is 0 Å². The van der Waals surface area contributed by atoms with Crippen LogP contribution < -0.4 is 5.32 Å². The molecule has 1 N–H and O–H groups in total. The quantitative estimate of drug-likeness (QED) is 0.928. The molecule has 0 spiro atoms. The zero-order chi connectivity index (χ0) is 17.8. The van der Waals surface area contributed by atoms with Gasteiger partial charge in [-0.25, -0.2) is 4.39 Å². The monoisotopic (exact) mass is 340 g/mol. The van der Waals surface area contributed by atoms with Gasteiger partial charge in [-0.05, 0) is 61.7 Å². The minimum absolute atomic E-state index is 0.0674. The second kappa shape index (κ2) is 7.47. The summed E-state index contributed by atoms with van der Waals surface area (Å²) >= 11 is 0. The van der Waals surface area contributed by atoms with E-state index in [4.69, 9.17) is 0 Å². The molecule has 1 fully saturated rings. The van der Waals surface area contributed by atoms with Crippen molar-refractivity contribution in [1.29, 1.82) is 0 Å². The molecule has 0 aliphatic carbocycles. The molecule has 130 valence electrons. The number of halogens is 1. The number of anilines is 1. The van der Waals surface area contributed by atoms with Crippen molar-refractivity contribution in [2.45, 2.75) is 19.8 Å². The Kier molecular flexibility index (Phi) is 5.12. The Balaban J connectivity index is 1.65. The van der Waals surface area contributed by atoms with E-state index in [-0.39, 0.29) is 23.5 Å². The van der Waals surface area contributed by atoms with Gasteiger partial charge in [0.2, 0.25) is 5.91 Å². The summed E-state index contributed by atoms with van der Waals surface area (Å²) in [6.45, 7) is 2.97. The molecule has 1 atom stereocenters. The van der Waals surface area contributed by atoms with Crippen molar-refractivity contribution in [3.63, 3.8) is 0 Å². The predicted octanol–water partition coefficient (Wildman–Crippen LogP) is 3.63. The van der Waals surface area contributed by atoms with Gasteiger partial charge in [0.15, 0.2) is 0 Å². The number of nitrogens with zero attached hydrogens (tertiary/aromatic N) is 1. The largest absolute Gasteiger partial charge is 0.338 e. The van der Waals surface area contributed by atoms with Gasteiger partial charge in [-0.3, -0.25) is 9.59 Å². The number of piperidine rings is 1. The number of nitrogens with one attached hydrogen (secondary N) is 1. The van der Waals surface area contributed by atoms with Crippen molar-refractivity contribution in [3.05, 3.63) is 65.5 Å². The molecule has 0 saturated carbocycles. The summed E-state index contributed by atoms with van der Waals surface area (Å²) in [7, 11) is 0. The molecule has 1 heterocycles. The lowest BCUT2D eigenvalue weighted by atomic mass is 9.96. The van der Waals surface area contributed by atoms with Crippen LogP contribution in [0.5, 0.6) is 0 Å². The molecule has 0 radical (unpaired) electrons. The van der Waals surface area contributed by atoms with Crippen molar-refractivity contribution in [1.82, 2.24) is 4.90 Å². The molecule has 4 nitrogen and oxygen atoms in total. The van der Waals surface area contributed by atoms with Crippen molar-refractivity contribution in [2.24, 2.45) is 5.92 Å². The van der Waals surface area contributed by atoms with Gasteiger partial charge in [0, 0.05) is 24.3 Å². The molecule has 25 heavy (non-hydrogen) atoms. The Morgan fingerprint density at radius 3 is 2.64 bits per heavy atom. The topological polar surface area (TPSA) is 49.4 Å². The molecule has 2 aromatic rings. The average Bonchev–Trinajstić information content (AvgIpc) is 2.62. The predicted molar refractivity (Wildman–Crippen MR) is 94.8 cm³/mol. The third-order valence-corrected chi connectivity index (χ3v) is 4.46. The van der Waals surface area contributed by atoms with Crippen molar-refractivity contribution in [2.75, 3.05) is 18.4 Å². The number of hydrogen-bond acceptors (Lipinski definition) is 2. The van der Waals surface area contributed by atoms with Crippen molar-refractivity contribution in [3.8, 4) is 0 Å². The minimum atomic E-state index is -0.370. The van der Waals surface area contributed by atoms with Crippen LogP contribution in [0.4, 0.5) is 10.1 Å². The fourth-order valence-corrected chi connectivity index (χ4v) is 3.12. The fourth-order valence-electron chi connectivity index (χ4n) is 3.12. The maximum absolute atomic E-state index is 13.0. The van der Waals surface area contributed by atoms with Crippen LogP contribution in [0.15, 0.2) is 48.5 Å². The molecule has 2 aromatic carbocycles. The van der Waals surface area contributed by atoms with Gasteiger partial charge in [0.1, 0.15) is 5.82 Å². The maximum Gasteiger partial charge on any atom is 0.253 e. The molecule has 0 bridgehead atoms. The lowest BCUT2D eigenvalue weighted by molar-refractivity contribution is -0.121. The number of carbonyl (C=O) groups excluding carboxylic acids is 2. The molecule has 2 amide bonds. The Morgan fingerprint density at radius 1 is 1.16 bits per heavy atom. The Bertz CT molecular complexity index is 774. The van der Waals surface area contributed by atoms with E-state index in [1.807, 2.05) is 31.2 Å². The van der Waals surface area contributed by atoms with Crippen LogP contribution >= 0.6 is 0 Å². The summed E-state index contributed by atoms with van der Waals surface area (Å²) in [5.41, 5.74) is 2.29. The molecule has 1 aliphatic rings. The molecule has 5 heteroatoms. The van der Waals surface area contributed by atoms with Crippen LogP contribution in [0.3, 0.4) is 0 Å². The Morgan fingerprint density at radius 2 is 1.92 bits per heavy atom. The SMILES string of the molecule is Cc1cccc(NC(=O)[C@@H]2CCCN(C(=O)c3ccc(F)cc3)C2)c1. The molecular weight excluding hydrogens is 319 g/mol. The summed E-state index contributed by atoms with van der Waals surface area (Å²) in [5.74, 6) is -0.834. The second-order valence-corrected chi connectivity index (χ2v) is 6.46. The van der Waals surface area contributed by atoms with Gasteiger partial charge in [0.05, 0.1) is 5.92 Å². The third kappa shape index (κ3) is 4.24. The lowest BCUT2D eigenvalue weighted by Crippen LogP contribution is -2.43. The highest BCUT2D eigenvalue weighted by molar-refractivity contribution is 5.96. The van der Waals surface area contributed by atoms with E-state index in [1.165, 1.54) is 24.3 Å². The highest BCUT2D eigenvalue weighted by atomic mass is 19.1. The van der Waals surface area contributed by atoms with Crippen molar-refractivity contribution >= 4 is 17.5 Å². The number of rotatable bonds is 3. The normalized spacial score (nSPS) is 17.2. The van der Waals surface area contributed by atoms with Gasteiger partial charge in [-0.1, -0.05) is 12.1 Å². The van der Waals surface area contributed by atoms with Gasteiger partial charge >= 0.3 is 0 Å². The summed E-state index contributed by atoms with van der Waals surface area (Å²) < 4.78 is 13.0. The van der Waals surface area contributed by atoms with E-state index in [0.29, 0.717) is 18.7 Å². The summed E-state index contributed by atoms with van der Waals surface area (Å²) in [4.78, 5) is 26.8. The van der Waals surface area contributed by atoms with Crippen LogP contribution in [0.1, 0.15) is 28.8 Å². The van der Waals surface area contributed by atoms with Gasteiger partial charge in [0.25, 0.3) is 5.91 Å². The highest BCUT2D eigenvalue weighted by Gasteiger charge is 2.29. The molecule has 3 rings (SSSR count). The Labute approximate surface area is 146 Å². The first-order chi connectivity index (χ1) is 12.0. The number of benzene rings is 2. The first kappa shape index (κ1) is 17.1. The second-order valence-electron chi connectivity index (χ2n) is 6.46. The lowest BCUT2D eigenvalue weighted by Gasteiger charge is -2.32. The zero-order valence-electron chi connectivity index (χ0n) is 14.2. The highest BCUT2D eigenvalue weighted by Crippen LogP contribution is 2.21. The average molecular weight is 340 g/mol. The van der Waals surface area contributed by atoms with Crippen molar-refractivity contribution < 1.29 is 14.0 Å². The van der Waals surface area contributed by atoms with E-state index in [1.54, 1.807) is 4.90 Å². The zero-order valence-corrected chi connectivity index (χ0v) is 14.2. The van der Waals surface area contributed by atoms with Gasteiger partial charge in [-0.15, -0.1) is 0 Å². The smallest absolute Gasteiger partial charge is 0.253 e. The van der Waals surface area contributed by atoms with Crippen LogP contribution in [0.2, 0.25) is 0 Å². The maximum atomic E-state index is 13.0. The van der Waals surface area contributed by atoms with Crippen LogP contribution in [0.25, 0.3) is 0 Å². The van der Waals surface area contributed by atoms with Gasteiger partial charge in [-0.2, -0.15) is 0 Å². The number of aryl methyl sites for hydroxylation is 1. The summed E-state index contributed by atoms with van der Waals surface area (Å²) in [6, 6.07) is 13.2. The van der Waals surface area contributed by atoms with E-state index in [2.05, 4.69) is 5.32 Å². The summed E-state index contributed by atoms with van der Waals surface area (Å²) in [6.07, 6.45) is 1.53. The molecular formula is C20H21FN2O2. The fraction of sp³-hybridized carbons (Fsp3) is 0.300. The van der Waals surface area contributed by atoms with Crippen LogP contribution in [-0.4, -0.2) is 29.8 Å². The Hall–Kier alpha value is -2.69. The summed E-state index contributed by atoms with van der Waals surface area (Å²) in [5, 5.41) is 2.93. The number of amides is 2. The molecule has 0 aromatic heterocycles. The first-order valence-electron chi connectivity index (χ1n) is 8.45. The third-order valence-electron chi connectivity index (χ3n) is 4.46. The van der Waals surface area contributed by atoms with E-state index in [9.17, 15) is 14.0 Å². The standard InChI is InChI=1S/C20H21FN2O2/c1-14-4-2-6-18(12-14)22-19(24)16-5-3-11-23(13-16)20(25)15-7-9-17(21)10-8-15/h2,4,6-10,12,16H,3,5,11,13H2,1H3,(H,22,24)/t16-/m1/s1. The minimum Gasteiger partial charge on any atom is -0.338 e. The van der Waals surface area contributed by atoms with Crippen LogP contribution in [-0.2, 0) is 4.79 Å². The molecule has 0 unspecified atom stereocenters.